The predicted octanol–water partition coefficient (Wildman–Crippen LogP) is 2.48. The number of esters is 1. The lowest BCUT2D eigenvalue weighted by atomic mass is 9.96. The number of thioether (sulfide) groups is 1. The van der Waals surface area contributed by atoms with Crippen LogP contribution in [0.3, 0.4) is 0 Å². The number of nitrogens with zero attached hydrogens (tertiary/aromatic N) is 1. The lowest BCUT2D eigenvalue weighted by molar-refractivity contribution is -0.193. The van der Waals surface area contributed by atoms with Crippen LogP contribution in [-0.4, -0.2) is 69.3 Å². The smallest absolute Gasteiger partial charge is 0.311 e. The van der Waals surface area contributed by atoms with Crippen LogP contribution in [0.25, 0.3) is 0 Å². The summed E-state index contributed by atoms with van der Waals surface area (Å²) in [5, 5.41) is 22.0. The van der Waals surface area contributed by atoms with Crippen molar-refractivity contribution in [3.63, 3.8) is 0 Å². The molecule has 2 N–H and O–H groups in total. The van der Waals surface area contributed by atoms with Crippen molar-refractivity contribution in [2.45, 2.75) is 55.5 Å². The number of hydrogen-bond donors (Lipinski definition) is 2. The lowest BCUT2D eigenvalue weighted by Gasteiger charge is -2.45. The Hall–Kier alpha value is -2.72. The number of carbonyl (C=O) groups is 3. The summed E-state index contributed by atoms with van der Waals surface area (Å²) in [7, 11) is 0. The highest BCUT2D eigenvalue weighted by Crippen LogP contribution is 2.39. The molecule has 2 aromatic carbocycles. The number of ether oxygens (including phenoxy) is 2. The number of aliphatic hydroxyl groups excluding tert-OH is 2. The van der Waals surface area contributed by atoms with Crippen LogP contribution in [0.1, 0.15) is 41.5 Å². The van der Waals surface area contributed by atoms with E-state index in [1.807, 2.05) is 30.3 Å². The molecule has 34 heavy (non-hydrogen) atoms. The third kappa shape index (κ3) is 4.61. The molecule has 0 spiro atoms. The third-order valence-corrected chi connectivity index (χ3v) is 6.95. The van der Waals surface area contributed by atoms with Gasteiger partial charge in [0, 0.05) is 4.90 Å². The first-order chi connectivity index (χ1) is 16.1. The van der Waals surface area contributed by atoms with Gasteiger partial charge in [0.25, 0.3) is 11.8 Å². The van der Waals surface area contributed by atoms with E-state index in [0.29, 0.717) is 0 Å². The zero-order valence-electron chi connectivity index (χ0n) is 19.1. The van der Waals surface area contributed by atoms with Crippen LogP contribution in [0.5, 0.6) is 0 Å². The lowest BCUT2D eigenvalue weighted by Crippen LogP contribution is -2.64. The molecule has 2 aliphatic rings. The Morgan fingerprint density at radius 1 is 0.971 bits per heavy atom. The molecule has 5 atom stereocenters. The highest BCUT2D eigenvalue weighted by atomic mass is 32.2. The number of carbonyl (C=O) groups excluding carboxylic acids is 3. The molecule has 2 amide bonds. The number of fused-ring (bicyclic) bond motifs is 1. The first-order valence-electron chi connectivity index (χ1n) is 11.0. The first-order valence-corrected chi connectivity index (χ1v) is 11.8. The van der Waals surface area contributed by atoms with Gasteiger partial charge in [-0.1, -0.05) is 42.1 Å². The number of benzene rings is 2. The Morgan fingerprint density at radius 3 is 2.09 bits per heavy atom. The summed E-state index contributed by atoms with van der Waals surface area (Å²) in [5.74, 6) is -1.60. The number of rotatable bonds is 5. The molecule has 0 unspecified atom stereocenters. The van der Waals surface area contributed by atoms with Crippen molar-refractivity contribution in [2.24, 2.45) is 5.41 Å². The number of hydrogen-bond acceptors (Lipinski definition) is 8. The molecule has 0 saturated carbocycles. The van der Waals surface area contributed by atoms with Gasteiger partial charge in [-0.05, 0) is 45.0 Å². The van der Waals surface area contributed by atoms with Crippen LogP contribution in [0.2, 0.25) is 0 Å². The summed E-state index contributed by atoms with van der Waals surface area (Å²) in [4.78, 5) is 40.3. The molecule has 2 heterocycles. The van der Waals surface area contributed by atoms with E-state index in [4.69, 9.17) is 9.47 Å². The molecule has 180 valence electrons. The molecule has 0 bridgehead atoms. The largest absolute Gasteiger partial charge is 0.462 e. The summed E-state index contributed by atoms with van der Waals surface area (Å²) < 4.78 is 11.4. The number of aliphatic hydroxyl groups is 2. The average Bonchev–Trinajstić information content (AvgIpc) is 3.05. The van der Waals surface area contributed by atoms with E-state index in [1.54, 1.807) is 45.0 Å². The van der Waals surface area contributed by atoms with Gasteiger partial charge in [0.15, 0.2) is 0 Å². The standard InChI is InChI=1S/C25H27NO7S/c1-25(2,3)24(31)32-13-17-19(27)20(28)18(23(33-17)34-14-9-5-4-6-10-14)26-21(29)15-11-7-8-12-16(15)22(26)30/h4-12,17-20,23,27-28H,13H2,1-3H3/t17-,18-,19-,20-,23+/m1/s1. The molecule has 0 aliphatic carbocycles. The highest BCUT2D eigenvalue weighted by molar-refractivity contribution is 7.99. The molecule has 4 rings (SSSR count). The van der Waals surface area contributed by atoms with Crippen LogP contribution in [0, 0.1) is 5.41 Å². The van der Waals surface area contributed by atoms with E-state index in [0.717, 1.165) is 9.80 Å². The zero-order chi connectivity index (χ0) is 24.6. The molecule has 0 radical (unpaired) electrons. The molecule has 9 heteroatoms. The normalized spacial score (nSPS) is 27.0. The molecular formula is C25H27NO7S. The van der Waals surface area contributed by atoms with Crippen molar-refractivity contribution < 1.29 is 34.1 Å². The maximum Gasteiger partial charge on any atom is 0.311 e. The van der Waals surface area contributed by atoms with Gasteiger partial charge in [-0.2, -0.15) is 0 Å². The number of amides is 2. The van der Waals surface area contributed by atoms with E-state index in [-0.39, 0.29) is 17.7 Å². The van der Waals surface area contributed by atoms with Crippen LogP contribution >= 0.6 is 11.8 Å². The summed E-state index contributed by atoms with van der Waals surface area (Å²) in [6, 6.07) is 14.4. The van der Waals surface area contributed by atoms with Gasteiger partial charge in [0.05, 0.1) is 16.5 Å². The SMILES string of the molecule is CC(C)(C)C(=O)OC[C@H]1O[C@@H](Sc2ccccc2)[C@H](N2C(=O)c3ccccc3C2=O)[C@@H](O)[C@@H]1O. The zero-order valence-corrected chi connectivity index (χ0v) is 19.9. The average molecular weight is 486 g/mol. The Kier molecular flexibility index (Phi) is 6.82. The van der Waals surface area contributed by atoms with Gasteiger partial charge in [-0.25, -0.2) is 0 Å². The van der Waals surface area contributed by atoms with Crippen molar-refractivity contribution in [3.8, 4) is 0 Å². The van der Waals surface area contributed by atoms with E-state index in [9.17, 15) is 24.6 Å². The van der Waals surface area contributed by atoms with Crippen molar-refractivity contribution in [1.29, 1.82) is 0 Å². The quantitative estimate of drug-likeness (QED) is 0.491. The minimum Gasteiger partial charge on any atom is -0.462 e. The van der Waals surface area contributed by atoms with Gasteiger partial charge in [0.2, 0.25) is 0 Å². The van der Waals surface area contributed by atoms with Gasteiger partial charge in [-0.15, -0.1) is 0 Å². The predicted molar refractivity (Wildman–Crippen MR) is 124 cm³/mol. The summed E-state index contributed by atoms with van der Waals surface area (Å²) in [6.07, 6.45) is -4.06. The van der Waals surface area contributed by atoms with Crippen LogP contribution in [0.15, 0.2) is 59.5 Å². The Balaban J connectivity index is 1.63. The number of imide groups is 1. The van der Waals surface area contributed by atoms with Crippen molar-refractivity contribution in [1.82, 2.24) is 4.90 Å². The summed E-state index contributed by atoms with van der Waals surface area (Å²) in [5.41, 5.74) is -1.20. The molecule has 2 aromatic rings. The maximum absolute atomic E-state index is 13.1. The fourth-order valence-corrected chi connectivity index (χ4v) is 5.12. The minimum absolute atomic E-state index is 0.235. The monoisotopic (exact) mass is 485 g/mol. The van der Waals surface area contributed by atoms with Gasteiger partial charge < -0.3 is 19.7 Å². The Morgan fingerprint density at radius 2 is 1.53 bits per heavy atom. The fourth-order valence-electron chi connectivity index (χ4n) is 3.91. The van der Waals surface area contributed by atoms with Crippen LogP contribution in [-0.2, 0) is 14.3 Å². The van der Waals surface area contributed by atoms with Crippen LogP contribution < -0.4 is 0 Å². The minimum atomic E-state index is -1.52. The summed E-state index contributed by atoms with van der Waals surface area (Å²) >= 11 is 1.21. The molecule has 2 aliphatic heterocycles. The van der Waals surface area contributed by atoms with Crippen molar-refractivity contribution in [3.05, 3.63) is 65.7 Å². The second-order valence-corrected chi connectivity index (χ2v) is 10.5. The summed E-state index contributed by atoms with van der Waals surface area (Å²) in [6.45, 7) is 4.83. The van der Waals surface area contributed by atoms with E-state index < -0.39 is 53.0 Å². The molecule has 1 fully saturated rings. The molecule has 1 saturated heterocycles. The van der Waals surface area contributed by atoms with Gasteiger partial charge >= 0.3 is 5.97 Å². The van der Waals surface area contributed by atoms with Gasteiger partial charge in [0.1, 0.15) is 36.4 Å². The first kappa shape index (κ1) is 24.4. The maximum atomic E-state index is 13.1. The highest BCUT2D eigenvalue weighted by Gasteiger charge is 2.53. The fraction of sp³-hybridized carbons (Fsp3) is 0.400. The molecular weight excluding hydrogens is 458 g/mol. The van der Waals surface area contributed by atoms with E-state index in [2.05, 4.69) is 0 Å². The molecule has 0 aromatic heterocycles. The second-order valence-electron chi connectivity index (χ2n) is 9.32. The topological polar surface area (TPSA) is 113 Å². The Labute approximate surface area is 201 Å². The van der Waals surface area contributed by atoms with Crippen molar-refractivity contribution in [2.75, 3.05) is 6.61 Å². The molecule has 8 nitrogen and oxygen atoms in total. The third-order valence-electron chi connectivity index (χ3n) is 5.78. The van der Waals surface area contributed by atoms with E-state index in [1.165, 1.54) is 11.8 Å². The van der Waals surface area contributed by atoms with E-state index >= 15 is 0 Å². The van der Waals surface area contributed by atoms with Gasteiger partial charge in [-0.3, -0.25) is 19.3 Å². The second kappa shape index (κ2) is 9.50. The van der Waals surface area contributed by atoms with Crippen LogP contribution in [0.4, 0.5) is 0 Å². The van der Waals surface area contributed by atoms with Crippen molar-refractivity contribution >= 4 is 29.5 Å². The Bertz CT molecular complexity index is 1050.